The average molecular weight is 327 g/mol. The molecule has 0 saturated heterocycles. The van der Waals surface area contributed by atoms with Crippen LogP contribution in [0.15, 0.2) is 41.8 Å². The number of ether oxygens (including phenoxy) is 2. The predicted molar refractivity (Wildman–Crippen MR) is 92.9 cm³/mol. The molecule has 2 aromatic heterocycles. The molecule has 0 unspecified atom stereocenters. The first-order chi connectivity index (χ1) is 11.2. The molecule has 0 aliphatic rings. The molecule has 3 aromatic rings. The normalized spacial score (nSPS) is 10.4. The lowest BCUT2D eigenvalue weighted by Crippen LogP contribution is -1.94. The molecule has 0 amide bonds. The largest absolute Gasteiger partial charge is 0.493 e. The zero-order valence-electron chi connectivity index (χ0n) is 13.2. The van der Waals surface area contributed by atoms with E-state index in [9.17, 15) is 0 Å². The Hall–Kier alpha value is -2.60. The van der Waals surface area contributed by atoms with Crippen LogP contribution in [0.2, 0.25) is 0 Å². The minimum Gasteiger partial charge on any atom is -0.493 e. The van der Waals surface area contributed by atoms with E-state index in [0.29, 0.717) is 11.5 Å². The van der Waals surface area contributed by atoms with Gasteiger partial charge in [-0.3, -0.25) is 0 Å². The Morgan fingerprint density at radius 1 is 1.00 bits per heavy atom. The van der Waals surface area contributed by atoms with Crippen molar-refractivity contribution in [2.24, 2.45) is 0 Å². The molecule has 0 bridgehead atoms. The van der Waals surface area contributed by atoms with E-state index in [4.69, 9.17) is 9.47 Å². The number of hydrogen-bond donors (Lipinski definition) is 1. The van der Waals surface area contributed by atoms with Gasteiger partial charge in [0.05, 0.1) is 19.9 Å². The molecular weight excluding hydrogens is 310 g/mol. The topological polar surface area (TPSA) is 56.3 Å². The van der Waals surface area contributed by atoms with Gasteiger partial charge in [0.25, 0.3) is 0 Å². The van der Waals surface area contributed by atoms with Crippen molar-refractivity contribution in [3.05, 3.63) is 47.5 Å². The molecule has 118 valence electrons. The fraction of sp³-hybridized carbons (Fsp3) is 0.176. The van der Waals surface area contributed by atoms with Crippen molar-refractivity contribution in [2.75, 3.05) is 19.5 Å². The summed E-state index contributed by atoms with van der Waals surface area (Å²) < 4.78 is 10.6. The van der Waals surface area contributed by atoms with Gasteiger partial charge in [-0.2, -0.15) is 0 Å². The standard InChI is InChI=1S/C17H17N3O2S/c1-11-5-4-6-16(18-11)20-17-19-13(10-23-17)12-7-8-14(21-2)15(9-12)22-3/h4-10H,1-3H3,(H,18,19,20). The Morgan fingerprint density at radius 3 is 2.57 bits per heavy atom. The van der Waals surface area contributed by atoms with Gasteiger partial charge in [-0.1, -0.05) is 6.07 Å². The van der Waals surface area contributed by atoms with Gasteiger partial charge in [0, 0.05) is 16.6 Å². The molecule has 1 aromatic carbocycles. The third-order valence-corrected chi connectivity index (χ3v) is 4.06. The van der Waals surface area contributed by atoms with Crippen LogP contribution in [0.5, 0.6) is 11.5 Å². The van der Waals surface area contributed by atoms with Gasteiger partial charge in [-0.05, 0) is 37.3 Å². The minimum atomic E-state index is 0.688. The summed E-state index contributed by atoms with van der Waals surface area (Å²) in [5.74, 6) is 2.18. The lowest BCUT2D eigenvalue weighted by Gasteiger charge is -2.08. The Bertz CT molecular complexity index is 817. The van der Waals surface area contributed by atoms with E-state index in [2.05, 4.69) is 15.3 Å². The zero-order chi connectivity index (χ0) is 16.2. The second-order valence-electron chi connectivity index (χ2n) is 4.90. The van der Waals surface area contributed by atoms with Gasteiger partial charge < -0.3 is 14.8 Å². The monoisotopic (exact) mass is 327 g/mol. The molecule has 0 aliphatic heterocycles. The van der Waals surface area contributed by atoms with E-state index in [-0.39, 0.29) is 0 Å². The van der Waals surface area contributed by atoms with Crippen molar-refractivity contribution in [3.63, 3.8) is 0 Å². The van der Waals surface area contributed by atoms with E-state index >= 15 is 0 Å². The number of aromatic nitrogens is 2. The van der Waals surface area contributed by atoms with Crippen molar-refractivity contribution in [1.29, 1.82) is 0 Å². The van der Waals surface area contributed by atoms with Crippen molar-refractivity contribution in [3.8, 4) is 22.8 Å². The van der Waals surface area contributed by atoms with Crippen molar-refractivity contribution in [2.45, 2.75) is 6.92 Å². The highest BCUT2D eigenvalue weighted by Gasteiger charge is 2.09. The number of methoxy groups -OCH3 is 2. The van der Waals surface area contributed by atoms with Gasteiger partial charge in [-0.15, -0.1) is 11.3 Å². The van der Waals surface area contributed by atoms with Crippen LogP contribution in [0.4, 0.5) is 10.9 Å². The highest BCUT2D eigenvalue weighted by atomic mass is 32.1. The van der Waals surface area contributed by atoms with Crippen LogP contribution in [0.25, 0.3) is 11.3 Å². The molecule has 23 heavy (non-hydrogen) atoms. The third kappa shape index (κ3) is 3.43. The van der Waals surface area contributed by atoms with Gasteiger partial charge in [0.15, 0.2) is 16.6 Å². The molecule has 2 heterocycles. The molecule has 0 atom stereocenters. The van der Waals surface area contributed by atoms with Gasteiger partial charge in [0.1, 0.15) is 5.82 Å². The van der Waals surface area contributed by atoms with E-state index in [1.807, 2.05) is 48.7 Å². The van der Waals surface area contributed by atoms with Crippen LogP contribution >= 0.6 is 11.3 Å². The SMILES string of the molecule is COc1ccc(-c2csc(Nc3cccc(C)n3)n2)cc1OC. The average Bonchev–Trinajstić information content (AvgIpc) is 3.02. The first kappa shape index (κ1) is 15.3. The second-order valence-corrected chi connectivity index (χ2v) is 5.75. The van der Waals surface area contributed by atoms with E-state index in [1.54, 1.807) is 14.2 Å². The molecule has 0 radical (unpaired) electrons. The summed E-state index contributed by atoms with van der Waals surface area (Å²) in [5, 5.41) is 6.02. The van der Waals surface area contributed by atoms with Gasteiger partial charge in [-0.25, -0.2) is 9.97 Å². The first-order valence-corrected chi connectivity index (χ1v) is 7.96. The maximum atomic E-state index is 5.34. The van der Waals surface area contributed by atoms with Crippen LogP contribution in [0.1, 0.15) is 5.69 Å². The summed E-state index contributed by atoms with van der Waals surface area (Å²) >= 11 is 1.53. The molecule has 0 aliphatic carbocycles. The van der Waals surface area contributed by atoms with Gasteiger partial charge >= 0.3 is 0 Å². The Balaban J connectivity index is 1.84. The van der Waals surface area contributed by atoms with Crippen LogP contribution in [-0.4, -0.2) is 24.2 Å². The number of benzene rings is 1. The smallest absolute Gasteiger partial charge is 0.188 e. The number of nitrogens with zero attached hydrogens (tertiary/aromatic N) is 2. The molecule has 0 fully saturated rings. The summed E-state index contributed by atoms with van der Waals surface area (Å²) in [5.41, 5.74) is 2.82. The van der Waals surface area contributed by atoms with Crippen molar-refractivity contribution in [1.82, 2.24) is 9.97 Å². The molecule has 3 rings (SSSR count). The number of aryl methyl sites for hydroxylation is 1. The number of nitrogens with one attached hydrogen (secondary N) is 1. The van der Waals surface area contributed by atoms with Crippen LogP contribution in [-0.2, 0) is 0 Å². The predicted octanol–water partition coefficient (Wildman–Crippen LogP) is 4.27. The summed E-state index contributed by atoms with van der Waals surface area (Å²) in [6.07, 6.45) is 0. The first-order valence-electron chi connectivity index (χ1n) is 7.08. The van der Waals surface area contributed by atoms with Crippen molar-refractivity contribution < 1.29 is 9.47 Å². The number of rotatable bonds is 5. The number of thiazole rings is 1. The minimum absolute atomic E-state index is 0.688. The number of hydrogen-bond acceptors (Lipinski definition) is 6. The lowest BCUT2D eigenvalue weighted by molar-refractivity contribution is 0.355. The fourth-order valence-corrected chi connectivity index (χ4v) is 2.91. The van der Waals surface area contributed by atoms with E-state index in [0.717, 1.165) is 27.9 Å². The maximum Gasteiger partial charge on any atom is 0.188 e. The highest BCUT2D eigenvalue weighted by molar-refractivity contribution is 7.14. The second kappa shape index (κ2) is 6.66. The zero-order valence-corrected chi connectivity index (χ0v) is 14.0. The molecule has 5 nitrogen and oxygen atoms in total. The highest BCUT2D eigenvalue weighted by Crippen LogP contribution is 2.33. The molecular formula is C17H17N3O2S. The molecule has 6 heteroatoms. The van der Waals surface area contributed by atoms with E-state index < -0.39 is 0 Å². The maximum absolute atomic E-state index is 5.34. The van der Waals surface area contributed by atoms with Crippen LogP contribution in [0.3, 0.4) is 0 Å². The Morgan fingerprint density at radius 2 is 1.83 bits per heavy atom. The summed E-state index contributed by atoms with van der Waals surface area (Å²) in [4.78, 5) is 9.03. The summed E-state index contributed by atoms with van der Waals surface area (Å²) in [7, 11) is 3.25. The third-order valence-electron chi connectivity index (χ3n) is 3.31. The molecule has 1 N–H and O–H groups in total. The van der Waals surface area contributed by atoms with Crippen molar-refractivity contribution >= 4 is 22.3 Å². The summed E-state index contributed by atoms with van der Waals surface area (Å²) in [6, 6.07) is 11.6. The van der Waals surface area contributed by atoms with Crippen LogP contribution < -0.4 is 14.8 Å². The summed E-state index contributed by atoms with van der Waals surface area (Å²) in [6.45, 7) is 1.96. The van der Waals surface area contributed by atoms with E-state index in [1.165, 1.54) is 11.3 Å². The lowest BCUT2D eigenvalue weighted by atomic mass is 10.1. The quantitative estimate of drug-likeness (QED) is 0.758. The Labute approximate surface area is 138 Å². The van der Waals surface area contributed by atoms with Crippen LogP contribution in [0, 0.1) is 6.92 Å². The molecule has 0 saturated carbocycles. The number of pyridine rings is 1. The Kier molecular flexibility index (Phi) is 4.43. The molecule has 0 spiro atoms. The van der Waals surface area contributed by atoms with Gasteiger partial charge in [0.2, 0.25) is 0 Å². The number of anilines is 2. The fourth-order valence-electron chi connectivity index (χ4n) is 2.18.